The molecule has 0 nitrogen and oxygen atoms in total. The van der Waals surface area contributed by atoms with Gasteiger partial charge in [-0.05, 0) is 29.3 Å². The molecule has 2 heteroatoms. The summed E-state index contributed by atoms with van der Waals surface area (Å²) >= 11 is 4.32. The zero-order chi connectivity index (χ0) is 9.19. The first kappa shape index (κ1) is 10.8. The van der Waals surface area contributed by atoms with Crippen LogP contribution in [0.25, 0.3) is 0 Å². The molecule has 0 bridgehead atoms. The summed E-state index contributed by atoms with van der Waals surface area (Å²) in [6.07, 6.45) is 1.41. The average Bonchev–Trinajstić information content (AvgIpc) is 2.03. The Morgan fingerprint density at radius 1 is 1.17 bits per heavy atom. The SMILES string of the molecule is CC(C1SCCCS1)C(C)(C)C. The summed E-state index contributed by atoms with van der Waals surface area (Å²) in [5.74, 6) is 3.57. The van der Waals surface area contributed by atoms with Crippen molar-refractivity contribution in [3.05, 3.63) is 0 Å². The molecule has 1 unspecified atom stereocenters. The Kier molecular flexibility index (Phi) is 3.84. The first-order chi connectivity index (χ1) is 5.52. The van der Waals surface area contributed by atoms with Crippen LogP contribution in [0.1, 0.15) is 34.1 Å². The predicted octanol–water partition coefficient (Wildman–Crippen LogP) is 3.86. The molecule has 1 fully saturated rings. The fourth-order valence-electron chi connectivity index (χ4n) is 1.20. The second-order valence-electron chi connectivity index (χ2n) is 4.62. The number of rotatable bonds is 1. The maximum atomic E-state index is 2.40. The van der Waals surface area contributed by atoms with Crippen molar-refractivity contribution in [1.29, 1.82) is 0 Å². The van der Waals surface area contributed by atoms with Gasteiger partial charge in [-0.3, -0.25) is 0 Å². The Balaban J connectivity index is 2.45. The maximum Gasteiger partial charge on any atom is 0.0532 e. The van der Waals surface area contributed by atoms with Gasteiger partial charge in [0.15, 0.2) is 0 Å². The molecule has 0 spiro atoms. The van der Waals surface area contributed by atoms with Gasteiger partial charge in [0.05, 0.1) is 4.58 Å². The molecule has 0 aromatic rings. The lowest BCUT2D eigenvalue weighted by Crippen LogP contribution is -2.27. The summed E-state index contributed by atoms with van der Waals surface area (Å²) in [7, 11) is 0. The molecule has 1 saturated heterocycles. The van der Waals surface area contributed by atoms with Crippen molar-refractivity contribution in [3.63, 3.8) is 0 Å². The van der Waals surface area contributed by atoms with Gasteiger partial charge >= 0.3 is 0 Å². The summed E-state index contributed by atoms with van der Waals surface area (Å²) in [4.78, 5) is 0. The van der Waals surface area contributed by atoms with E-state index in [4.69, 9.17) is 0 Å². The highest BCUT2D eigenvalue weighted by atomic mass is 32.2. The largest absolute Gasteiger partial charge is 0.147 e. The van der Waals surface area contributed by atoms with Crippen molar-refractivity contribution in [2.45, 2.75) is 38.7 Å². The Labute approximate surface area is 85.3 Å². The molecule has 0 amide bonds. The van der Waals surface area contributed by atoms with Gasteiger partial charge in [0.25, 0.3) is 0 Å². The van der Waals surface area contributed by atoms with Gasteiger partial charge in [-0.2, -0.15) is 0 Å². The molecule has 1 atom stereocenters. The zero-order valence-corrected chi connectivity index (χ0v) is 10.2. The molecular weight excluding hydrogens is 184 g/mol. The molecule has 0 aromatic heterocycles. The third-order valence-corrected chi connectivity index (χ3v) is 5.97. The molecule has 1 heterocycles. The molecule has 0 aliphatic carbocycles. The normalized spacial score (nSPS) is 24.0. The fraction of sp³-hybridized carbons (Fsp3) is 1.00. The van der Waals surface area contributed by atoms with E-state index in [1.807, 2.05) is 0 Å². The lowest BCUT2D eigenvalue weighted by molar-refractivity contribution is 0.280. The van der Waals surface area contributed by atoms with Crippen LogP contribution in [0.15, 0.2) is 0 Å². The molecule has 0 N–H and O–H groups in total. The Morgan fingerprint density at radius 3 is 2.08 bits per heavy atom. The summed E-state index contributed by atoms with van der Waals surface area (Å²) in [6.45, 7) is 9.46. The summed E-state index contributed by atoms with van der Waals surface area (Å²) in [5, 5.41) is 0. The molecule has 72 valence electrons. The summed E-state index contributed by atoms with van der Waals surface area (Å²) in [6, 6.07) is 0. The van der Waals surface area contributed by atoms with Crippen LogP contribution >= 0.6 is 23.5 Å². The van der Waals surface area contributed by atoms with Crippen molar-refractivity contribution in [1.82, 2.24) is 0 Å². The second-order valence-corrected chi connectivity index (χ2v) is 7.42. The van der Waals surface area contributed by atoms with Crippen LogP contribution in [0.4, 0.5) is 0 Å². The van der Waals surface area contributed by atoms with Gasteiger partial charge in [0.1, 0.15) is 0 Å². The summed E-state index contributed by atoms with van der Waals surface area (Å²) < 4.78 is 0.846. The minimum Gasteiger partial charge on any atom is -0.147 e. The van der Waals surface area contributed by atoms with E-state index in [0.29, 0.717) is 5.41 Å². The van der Waals surface area contributed by atoms with Gasteiger partial charge in [-0.15, -0.1) is 23.5 Å². The molecule has 12 heavy (non-hydrogen) atoms. The number of thioether (sulfide) groups is 2. The molecule has 1 rings (SSSR count). The lowest BCUT2D eigenvalue weighted by Gasteiger charge is -2.35. The van der Waals surface area contributed by atoms with E-state index in [2.05, 4.69) is 51.2 Å². The first-order valence-electron chi connectivity index (χ1n) is 4.75. The topological polar surface area (TPSA) is 0 Å². The number of hydrogen-bond donors (Lipinski definition) is 0. The predicted molar refractivity (Wildman–Crippen MR) is 61.9 cm³/mol. The second kappa shape index (κ2) is 4.28. The van der Waals surface area contributed by atoms with Crippen LogP contribution in [-0.4, -0.2) is 16.1 Å². The van der Waals surface area contributed by atoms with Gasteiger partial charge in [-0.1, -0.05) is 27.7 Å². The van der Waals surface area contributed by atoms with Crippen LogP contribution < -0.4 is 0 Å². The van der Waals surface area contributed by atoms with E-state index < -0.39 is 0 Å². The fourth-order valence-corrected chi connectivity index (χ4v) is 4.83. The average molecular weight is 204 g/mol. The van der Waals surface area contributed by atoms with E-state index in [1.54, 1.807) is 0 Å². The van der Waals surface area contributed by atoms with Gasteiger partial charge in [0.2, 0.25) is 0 Å². The summed E-state index contributed by atoms with van der Waals surface area (Å²) in [5.41, 5.74) is 0.474. The first-order valence-corrected chi connectivity index (χ1v) is 6.85. The van der Waals surface area contributed by atoms with E-state index in [1.165, 1.54) is 17.9 Å². The Hall–Kier alpha value is 0.700. The Bertz CT molecular complexity index is 131. The highest BCUT2D eigenvalue weighted by Crippen LogP contribution is 2.42. The van der Waals surface area contributed by atoms with Crippen LogP contribution in [0.3, 0.4) is 0 Å². The monoisotopic (exact) mass is 204 g/mol. The third-order valence-electron chi connectivity index (χ3n) is 2.63. The molecule has 1 aliphatic rings. The molecule has 0 radical (unpaired) electrons. The van der Waals surface area contributed by atoms with E-state index in [0.717, 1.165) is 10.5 Å². The van der Waals surface area contributed by atoms with Gasteiger partial charge in [-0.25, -0.2) is 0 Å². The van der Waals surface area contributed by atoms with Crippen LogP contribution in [0.5, 0.6) is 0 Å². The standard InChI is InChI=1S/C10H20S2/c1-8(10(2,3)4)9-11-6-5-7-12-9/h8-9H,5-7H2,1-4H3. The quantitative estimate of drug-likeness (QED) is 0.636. The van der Waals surface area contributed by atoms with Gasteiger partial charge < -0.3 is 0 Å². The molecular formula is C10H20S2. The minimum atomic E-state index is 0.474. The van der Waals surface area contributed by atoms with Crippen molar-refractivity contribution in [2.75, 3.05) is 11.5 Å². The van der Waals surface area contributed by atoms with Gasteiger partial charge in [0, 0.05) is 0 Å². The van der Waals surface area contributed by atoms with E-state index >= 15 is 0 Å². The molecule has 1 aliphatic heterocycles. The molecule has 0 saturated carbocycles. The zero-order valence-electron chi connectivity index (χ0n) is 8.59. The number of hydrogen-bond acceptors (Lipinski definition) is 2. The highest BCUT2D eigenvalue weighted by Gasteiger charge is 2.29. The lowest BCUT2D eigenvalue weighted by atomic mass is 9.83. The minimum absolute atomic E-state index is 0.474. The smallest absolute Gasteiger partial charge is 0.0532 e. The van der Waals surface area contributed by atoms with Crippen molar-refractivity contribution in [2.24, 2.45) is 11.3 Å². The van der Waals surface area contributed by atoms with Crippen molar-refractivity contribution in [3.8, 4) is 0 Å². The third kappa shape index (κ3) is 2.88. The highest BCUT2D eigenvalue weighted by molar-refractivity contribution is 8.17. The van der Waals surface area contributed by atoms with Crippen molar-refractivity contribution >= 4 is 23.5 Å². The van der Waals surface area contributed by atoms with Crippen LogP contribution in [0.2, 0.25) is 0 Å². The Morgan fingerprint density at radius 2 is 1.67 bits per heavy atom. The molecule has 0 aromatic carbocycles. The van der Waals surface area contributed by atoms with Crippen LogP contribution in [0, 0.1) is 11.3 Å². The van der Waals surface area contributed by atoms with E-state index in [-0.39, 0.29) is 0 Å². The van der Waals surface area contributed by atoms with Crippen molar-refractivity contribution < 1.29 is 0 Å². The van der Waals surface area contributed by atoms with Crippen LogP contribution in [-0.2, 0) is 0 Å². The maximum absolute atomic E-state index is 2.40. The van der Waals surface area contributed by atoms with E-state index in [9.17, 15) is 0 Å².